The second kappa shape index (κ2) is 9.09. The molecule has 3 N–H and O–H groups in total. The number of benzene rings is 1. The Bertz CT molecular complexity index is 446. The number of aryl methyl sites for hydroxylation is 1. The summed E-state index contributed by atoms with van der Waals surface area (Å²) >= 11 is 0. The molecular formula is C15H22N2O3. The Balaban J connectivity index is 2.07. The first-order valence-corrected chi connectivity index (χ1v) is 6.87. The number of rotatable bonds is 9. The number of carbonyl (C=O) groups is 2. The Morgan fingerprint density at radius 3 is 2.50 bits per heavy atom. The molecule has 0 aromatic heterocycles. The van der Waals surface area contributed by atoms with Crippen molar-refractivity contribution in [1.82, 2.24) is 5.32 Å². The summed E-state index contributed by atoms with van der Waals surface area (Å²) in [6.07, 6.45) is 2.00. The second-order valence-corrected chi connectivity index (χ2v) is 4.77. The quantitative estimate of drug-likeness (QED) is 0.605. The molecule has 5 heteroatoms. The first-order valence-electron chi connectivity index (χ1n) is 6.87. The Kier molecular flexibility index (Phi) is 7.35. The van der Waals surface area contributed by atoms with Gasteiger partial charge >= 0.3 is 5.97 Å². The maximum absolute atomic E-state index is 11.7. The first-order chi connectivity index (χ1) is 9.58. The van der Waals surface area contributed by atoms with E-state index in [4.69, 9.17) is 5.11 Å². The van der Waals surface area contributed by atoms with E-state index < -0.39 is 5.97 Å². The van der Waals surface area contributed by atoms with Gasteiger partial charge in [-0.2, -0.15) is 0 Å². The van der Waals surface area contributed by atoms with E-state index in [-0.39, 0.29) is 12.3 Å². The molecule has 1 aromatic rings. The highest BCUT2D eigenvalue weighted by Gasteiger charge is 2.02. The van der Waals surface area contributed by atoms with Crippen LogP contribution < -0.4 is 10.6 Å². The van der Waals surface area contributed by atoms with Gasteiger partial charge in [0.15, 0.2) is 0 Å². The minimum absolute atomic E-state index is 0.00272. The van der Waals surface area contributed by atoms with Gasteiger partial charge in [-0.1, -0.05) is 12.1 Å². The van der Waals surface area contributed by atoms with Gasteiger partial charge in [0.1, 0.15) is 0 Å². The standard InChI is InChI=1S/C15H22N2O3/c1-12-5-2-6-13(11-12)17-14(18)7-3-9-16-10-4-8-15(19)20/h2,5-6,11,16H,3-4,7-10H2,1H3,(H,17,18)(H,19,20). The predicted octanol–water partition coefficient (Wildman–Crippen LogP) is 2.17. The molecule has 110 valence electrons. The Labute approximate surface area is 119 Å². The van der Waals surface area contributed by atoms with E-state index in [1.807, 2.05) is 31.2 Å². The normalized spacial score (nSPS) is 10.2. The molecule has 0 aliphatic carbocycles. The van der Waals surface area contributed by atoms with Crippen LogP contribution in [0.3, 0.4) is 0 Å². The highest BCUT2D eigenvalue weighted by atomic mass is 16.4. The summed E-state index contributed by atoms with van der Waals surface area (Å²) < 4.78 is 0. The zero-order chi connectivity index (χ0) is 14.8. The fourth-order valence-electron chi connectivity index (χ4n) is 1.81. The van der Waals surface area contributed by atoms with Crippen molar-refractivity contribution in [2.24, 2.45) is 0 Å². The van der Waals surface area contributed by atoms with Crippen molar-refractivity contribution < 1.29 is 14.7 Å². The van der Waals surface area contributed by atoms with E-state index in [1.54, 1.807) is 0 Å². The molecule has 0 aliphatic heterocycles. The zero-order valence-electron chi connectivity index (χ0n) is 11.8. The van der Waals surface area contributed by atoms with E-state index in [9.17, 15) is 9.59 Å². The summed E-state index contributed by atoms with van der Waals surface area (Å²) in [5.74, 6) is -0.771. The van der Waals surface area contributed by atoms with Crippen LogP contribution in [0.2, 0.25) is 0 Å². The lowest BCUT2D eigenvalue weighted by atomic mass is 10.2. The van der Waals surface area contributed by atoms with Crippen molar-refractivity contribution in [3.05, 3.63) is 29.8 Å². The molecule has 20 heavy (non-hydrogen) atoms. The van der Waals surface area contributed by atoms with Gasteiger partial charge in [-0.3, -0.25) is 9.59 Å². The van der Waals surface area contributed by atoms with Crippen LogP contribution in [-0.2, 0) is 9.59 Å². The average molecular weight is 278 g/mol. The topological polar surface area (TPSA) is 78.4 Å². The summed E-state index contributed by atoms with van der Waals surface area (Å²) in [6, 6.07) is 7.70. The van der Waals surface area contributed by atoms with Gasteiger partial charge in [-0.25, -0.2) is 0 Å². The number of aliphatic carboxylic acids is 1. The van der Waals surface area contributed by atoms with Gasteiger partial charge in [0.25, 0.3) is 0 Å². The van der Waals surface area contributed by atoms with E-state index in [0.717, 1.165) is 24.2 Å². The highest BCUT2D eigenvalue weighted by molar-refractivity contribution is 5.90. The molecule has 0 fully saturated rings. The number of hydrogen-bond acceptors (Lipinski definition) is 3. The molecule has 0 radical (unpaired) electrons. The van der Waals surface area contributed by atoms with Gasteiger partial charge in [0, 0.05) is 18.5 Å². The van der Waals surface area contributed by atoms with Crippen molar-refractivity contribution in [2.75, 3.05) is 18.4 Å². The van der Waals surface area contributed by atoms with Crippen LogP contribution in [0.25, 0.3) is 0 Å². The summed E-state index contributed by atoms with van der Waals surface area (Å²) in [4.78, 5) is 22.0. The summed E-state index contributed by atoms with van der Waals surface area (Å²) in [7, 11) is 0. The minimum atomic E-state index is -0.774. The largest absolute Gasteiger partial charge is 0.481 e. The van der Waals surface area contributed by atoms with Gasteiger partial charge in [-0.05, 0) is 50.6 Å². The molecule has 5 nitrogen and oxygen atoms in total. The number of hydrogen-bond donors (Lipinski definition) is 3. The number of carboxylic acids is 1. The molecule has 1 aromatic carbocycles. The van der Waals surface area contributed by atoms with Crippen molar-refractivity contribution in [3.63, 3.8) is 0 Å². The average Bonchev–Trinajstić information content (AvgIpc) is 2.37. The Morgan fingerprint density at radius 2 is 1.85 bits per heavy atom. The lowest BCUT2D eigenvalue weighted by Crippen LogP contribution is -2.20. The van der Waals surface area contributed by atoms with Crippen molar-refractivity contribution in [2.45, 2.75) is 32.6 Å². The molecule has 0 aliphatic rings. The number of carbonyl (C=O) groups excluding carboxylic acids is 1. The van der Waals surface area contributed by atoms with Gasteiger partial charge in [-0.15, -0.1) is 0 Å². The first kappa shape index (κ1) is 16.2. The molecule has 1 amide bonds. The van der Waals surface area contributed by atoms with Gasteiger partial charge < -0.3 is 15.7 Å². The van der Waals surface area contributed by atoms with E-state index >= 15 is 0 Å². The summed E-state index contributed by atoms with van der Waals surface area (Å²) in [5.41, 5.74) is 1.94. The van der Waals surface area contributed by atoms with E-state index in [2.05, 4.69) is 10.6 Å². The van der Waals surface area contributed by atoms with Crippen molar-refractivity contribution in [1.29, 1.82) is 0 Å². The van der Waals surface area contributed by atoms with Crippen molar-refractivity contribution in [3.8, 4) is 0 Å². The number of anilines is 1. The van der Waals surface area contributed by atoms with Gasteiger partial charge in [0.05, 0.1) is 0 Å². The fourth-order valence-corrected chi connectivity index (χ4v) is 1.81. The summed E-state index contributed by atoms with van der Waals surface area (Å²) in [5, 5.41) is 14.4. The third-order valence-electron chi connectivity index (χ3n) is 2.80. The smallest absolute Gasteiger partial charge is 0.303 e. The van der Waals surface area contributed by atoms with Crippen molar-refractivity contribution >= 4 is 17.6 Å². The molecule has 1 rings (SSSR count). The Hall–Kier alpha value is -1.88. The summed E-state index contributed by atoms with van der Waals surface area (Å²) in [6.45, 7) is 3.38. The lowest BCUT2D eigenvalue weighted by molar-refractivity contribution is -0.137. The van der Waals surface area contributed by atoms with Crippen LogP contribution in [0.15, 0.2) is 24.3 Å². The SMILES string of the molecule is Cc1cccc(NC(=O)CCCNCCCC(=O)O)c1. The number of amides is 1. The van der Waals surface area contributed by atoms with Crippen LogP contribution in [0.1, 0.15) is 31.2 Å². The maximum atomic E-state index is 11.7. The molecular weight excluding hydrogens is 256 g/mol. The molecule has 0 heterocycles. The lowest BCUT2D eigenvalue weighted by Gasteiger charge is -2.06. The van der Waals surface area contributed by atoms with Crippen LogP contribution >= 0.6 is 0 Å². The maximum Gasteiger partial charge on any atom is 0.303 e. The minimum Gasteiger partial charge on any atom is -0.481 e. The molecule has 0 atom stereocenters. The van der Waals surface area contributed by atoms with Crippen LogP contribution in [0.5, 0.6) is 0 Å². The highest BCUT2D eigenvalue weighted by Crippen LogP contribution is 2.09. The van der Waals surface area contributed by atoms with Crippen LogP contribution in [0, 0.1) is 6.92 Å². The predicted molar refractivity (Wildman–Crippen MR) is 78.8 cm³/mol. The van der Waals surface area contributed by atoms with Crippen LogP contribution in [-0.4, -0.2) is 30.1 Å². The Morgan fingerprint density at radius 1 is 1.15 bits per heavy atom. The number of nitrogens with one attached hydrogen (secondary N) is 2. The second-order valence-electron chi connectivity index (χ2n) is 4.77. The third-order valence-corrected chi connectivity index (χ3v) is 2.80. The molecule has 0 spiro atoms. The van der Waals surface area contributed by atoms with Gasteiger partial charge in [0.2, 0.25) is 5.91 Å². The molecule has 0 bridgehead atoms. The zero-order valence-corrected chi connectivity index (χ0v) is 11.8. The third kappa shape index (κ3) is 7.53. The van der Waals surface area contributed by atoms with Crippen LogP contribution in [0.4, 0.5) is 5.69 Å². The monoisotopic (exact) mass is 278 g/mol. The van der Waals surface area contributed by atoms with E-state index in [1.165, 1.54) is 0 Å². The molecule has 0 saturated heterocycles. The molecule has 0 unspecified atom stereocenters. The fraction of sp³-hybridized carbons (Fsp3) is 0.467. The number of carboxylic acid groups (broad SMARTS) is 1. The van der Waals surface area contributed by atoms with E-state index in [0.29, 0.717) is 19.4 Å². The molecule has 0 saturated carbocycles.